The monoisotopic (exact) mass is 306 g/mol. The molecule has 5 nitrogen and oxygen atoms in total. The summed E-state index contributed by atoms with van der Waals surface area (Å²) in [5.74, 6) is 0.929. The fourth-order valence-electron chi connectivity index (χ4n) is 2.97. The molecule has 22 heavy (non-hydrogen) atoms. The number of aryl methyl sites for hydroxylation is 1. The van der Waals surface area contributed by atoms with Gasteiger partial charge in [0.05, 0.1) is 19.8 Å². The molecule has 1 aliphatic rings. The number of likely N-dealkylation sites (N-methyl/N-ethyl adjacent to an activating group) is 1. The Labute approximate surface area is 132 Å². The van der Waals surface area contributed by atoms with Crippen LogP contribution in [0.3, 0.4) is 0 Å². The molecule has 0 saturated carbocycles. The lowest BCUT2D eigenvalue weighted by Crippen LogP contribution is -2.39. The van der Waals surface area contributed by atoms with Gasteiger partial charge >= 0.3 is 0 Å². The number of amides is 1. The Morgan fingerprint density at radius 3 is 2.86 bits per heavy atom. The van der Waals surface area contributed by atoms with E-state index in [0.717, 1.165) is 17.7 Å². The topological polar surface area (TPSA) is 53.0 Å². The molecule has 0 unspecified atom stereocenters. The molecule has 1 aromatic carbocycles. The molecule has 2 atom stereocenters. The van der Waals surface area contributed by atoms with Gasteiger partial charge in [0.25, 0.3) is 0 Å². The van der Waals surface area contributed by atoms with Crippen LogP contribution in [-0.4, -0.2) is 67.3 Å². The van der Waals surface area contributed by atoms with Crippen LogP contribution in [-0.2, 0) is 11.2 Å². The molecule has 0 aliphatic carbocycles. The molecule has 0 bridgehead atoms. The summed E-state index contributed by atoms with van der Waals surface area (Å²) in [4.78, 5) is 16.4. The molecular formula is C17H26N2O3. The minimum absolute atomic E-state index is 0.0369. The van der Waals surface area contributed by atoms with Crippen LogP contribution >= 0.6 is 0 Å². The Hall–Kier alpha value is -1.59. The fraction of sp³-hybridized carbons (Fsp3) is 0.588. The Bertz CT molecular complexity index is 504. The average molecular weight is 306 g/mol. The van der Waals surface area contributed by atoms with Gasteiger partial charge in [0.1, 0.15) is 5.75 Å². The van der Waals surface area contributed by atoms with Crippen LogP contribution in [0.25, 0.3) is 0 Å². The molecule has 0 aromatic heterocycles. The van der Waals surface area contributed by atoms with Crippen LogP contribution in [0.5, 0.6) is 5.75 Å². The van der Waals surface area contributed by atoms with E-state index in [1.54, 1.807) is 7.11 Å². The van der Waals surface area contributed by atoms with E-state index in [1.807, 2.05) is 43.3 Å². The predicted octanol–water partition coefficient (Wildman–Crippen LogP) is 1.15. The highest BCUT2D eigenvalue weighted by atomic mass is 16.5. The zero-order chi connectivity index (χ0) is 16.1. The normalized spacial score (nSPS) is 21.4. The van der Waals surface area contributed by atoms with Crippen molar-refractivity contribution in [3.63, 3.8) is 0 Å². The number of likely N-dealkylation sites (tertiary alicyclic amines) is 1. The molecule has 1 aliphatic heterocycles. The Balaban J connectivity index is 1.93. The molecule has 1 N–H and O–H groups in total. The van der Waals surface area contributed by atoms with Crippen molar-refractivity contribution in [1.82, 2.24) is 9.80 Å². The number of benzene rings is 1. The lowest BCUT2D eigenvalue weighted by molar-refractivity contribution is -0.132. The maximum atomic E-state index is 12.5. The first-order valence-corrected chi connectivity index (χ1v) is 7.74. The standard InChI is InChI=1S/C17H26N2O3/c1-18(2)14-10-15(12-20)19(11-14)17(21)8-7-13-5-4-6-16(9-13)22-3/h4-6,9,14-15,20H,7-8,10-12H2,1-3H3/t14-,15+/m1/s1. The number of methoxy groups -OCH3 is 1. The smallest absolute Gasteiger partial charge is 0.223 e. The van der Waals surface area contributed by atoms with Crippen molar-refractivity contribution in [2.75, 3.05) is 34.4 Å². The first kappa shape index (κ1) is 16.8. The minimum Gasteiger partial charge on any atom is -0.497 e. The van der Waals surface area contributed by atoms with Gasteiger partial charge in [0, 0.05) is 19.0 Å². The average Bonchev–Trinajstić information content (AvgIpc) is 2.97. The Morgan fingerprint density at radius 2 is 2.23 bits per heavy atom. The van der Waals surface area contributed by atoms with Crippen molar-refractivity contribution < 1.29 is 14.6 Å². The Kier molecular flexibility index (Phi) is 5.80. The van der Waals surface area contributed by atoms with E-state index < -0.39 is 0 Å². The van der Waals surface area contributed by atoms with Crippen molar-refractivity contribution in [3.8, 4) is 5.75 Å². The summed E-state index contributed by atoms with van der Waals surface area (Å²) in [6.07, 6.45) is 2.00. The molecule has 1 saturated heterocycles. The lowest BCUT2D eigenvalue weighted by Gasteiger charge is -2.23. The van der Waals surface area contributed by atoms with E-state index in [2.05, 4.69) is 4.90 Å². The molecular weight excluding hydrogens is 280 g/mol. The number of carbonyl (C=O) groups is 1. The second-order valence-corrected chi connectivity index (χ2v) is 6.09. The number of hydrogen-bond acceptors (Lipinski definition) is 4. The summed E-state index contributed by atoms with van der Waals surface area (Å²) >= 11 is 0. The number of ether oxygens (including phenoxy) is 1. The van der Waals surface area contributed by atoms with Gasteiger partial charge in [-0.2, -0.15) is 0 Å². The number of rotatable bonds is 6. The first-order chi connectivity index (χ1) is 10.5. The van der Waals surface area contributed by atoms with Crippen molar-refractivity contribution >= 4 is 5.91 Å². The quantitative estimate of drug-likeness (QED) is 0.857. The molecule has 122 valence electrons. The van der Waals surface area contributed by atoms with Gasteiger partial charge in [-0.25, -0.2) is 0 Å². The van der Waals surface area contributed by atoms with E-state index in [-0.39, 0.29) is 18.6 Å². The van der Waals surface area contributed by atoms with Crippen LogP contribution in [0.1, 0.15) is 18.4 Å². The van der Waals surface area contributed by atoms with E-state index in [0.29, 0.717) is 25.4 Å². The van der Waals surface area contributed by atoms with Crippen molar-refractivity contribution in [1.29, 1.82) is 0 Å². The maximum absolute atomic E-state index is 12.5. The molecule has 1 fully saturated rings. The minimum atomic E-state index is -0.0507. The predicted molar refractivity (Wildman–Crippen MR) is 86.0 cm³/mol. The summed E-state index contributed by atoms with van der Waals surface area (Å²) in [5, 5.41) is 9.51. The second kappa shape index (κ2) is 7.61. The molecule has 0 spiro atoms. The Morgan fingerprint density at radius 1 is 1.45 bits per heavy atom. The second-order valence-electron chi connectivity index (χ2n) is 6.09. The van der Waals surface area contributed by atoms with Crippen LogP contribution in [0.15, 0.2) is 24.3 Å². The van der Waals surface area contributed by atoms with Gasteiger partial charge < -0.3 is 19.6 Å². The highest BCUT2D eigenvalue weighted by molar-refractivity contribution is 5.77. The number of aliphatic hydroxyl groups is 1. The summed E-state index contributed by atoms with van der Waals surface area (Å²) in [5.41, 5.74) is 1.09. The van der Waals surface area contributed by atoms with E-state index in [1.165, 1.54) is 0 Å². The third-order valence-electron chi connectivity index (χ3n) is 4.42. The van der Waals surface area contributed by atoms with Crippen molar-refractivity contribution in [2.45, 2.75) is 31.3 Å². The fourth-order valence-corrected chi connectivity index (χ4v) is 2.97. The van der Waals surface area contributed by atoms with Crippen LogP contribution in [0, 0.1) is 0 Å². The van der Waals surface area contributed by atoms with Crippen molar-refractivity contribution in [3.05, 3.63) is 29.8 Å². The highest BCUT2D eigenvalue weighted by Gasteiger charge is 2.35. The van der Waals surface area contributed by atoms with Gasteiger partial charge in [0.2, 0.25) is 5.91 Å². The summed E-state index contributed by atoms with van der Waals surface area (Å²) in [7, 11) is 5.67. The van der Waals surface area contributed by atoms with E-state index in [4.69, 9.17) is 4.74 Å². The van der Waals surface area contributed by atoms with Gasteiger partial charge in [0.15, 0.2) is 0 Å². The van der Waals surface area contributed by atoms with Gasteiger partial charge in [-0.15, -0.1) is 0 Å². The molecule has 1 heterocycles. The van der Waals surface area contributed by atoms with Gasteiger partial charge in [-0.05, 0) is 44.6 Å². The lowest BCUT2D eigenvalue weighted by atomic mass is 10.1. The van der Waals surface area contributed by atoms with Gasteiger partial charge in [-0.3, -0.25) is 4.79 Å². The molecule has 0 radical (unpaired) electrons. The summed E-state index contributed by atoms with van der Waals surface area (Å²) in [6.45, 7) is 0.740. The third-order valence-corrected chi connectivity index (χ3v) is 4.42. The van der Waals surface area contributed by atoms with Gasteiger partial charge in [-0.1, -0.05) is 12.1 Å². The van der Waals surface area contributed by atoms with Crippen LogP contribution in [0.4, 0.5) is 0 Å². The molecule has 1 amide bonds. The largest absolute Gasteiger partial charge is 0.497 e. The molecule has 2 rings (SSSR count). The number of hydrogen-bond donors (Lipinski definition) is 1. The summed E-state index contributed by atoms with van der Waals surface area (Å²) < 4.78 is 5.20. The maximum Gasteiger partial charge on any atom is 0.223 e. The SMILES string of the molecule is COc1cccc(CCC(=O)N2C[C@H](N(C)C)C[C@H]2CO)c1. The zero-order valence-corrected chi connectivity index (χ0v) is 13.7. The highest BCUT2D eigenvalue weighted by Crippen LogP contribution is 2.22. The van der Waals surface area contributed by atoms with Crippen LogP contribution in [0.2, 0.25) is 0 Å². The summed E-state index contributed by atoms with van der Waals surface area (Å²) in [6, 6.07) is 8.08. The number of carbonyl (C=O) groups excluding carboxylic acids is 1. The van der Waals surface area contributed by atoms with Crippen LogP contribution < -0.4 is 4.74 Å². The van der Waals surface area contributed by atoms with E-state index >= 15 is 0 Å². The molecule has 5 heteroatoms. The third kappa shape index (κ3) is 3.99. The van der Waals surface area contributed by atoms with Crippen molar-refractivity contribution in [2.24, 2.45) is 0 Å². The number of aliphatic hydroxyl groups excluding tert-OH is 1. The zero-order valence-electron chi connectivity index (χ0n) is 13.7. The first-order valence-electron chi connectivity index (χ1n) is 7.74. The number of nitrogens with zero attached hydrogens (tertiary/aromatic N) is 2. The molecule has 1 aromatic rings. The van der Waals surface area contributed by atoms with E-state index in [9.17, 15) is 9.90 Å².